The molecule has 154 valence electrons. The third-order valence-corrected chi connectivity index (χ3v) is 6.34. The van der Waals surface area contributed by atoms with Gasteiger partial charge in [0.2, 0.25) is 0 Å². The van der Waals surface area contributed by atoms with Crippen molar-refractivity contribution in [1.82, 2.24) is 15.1 Å². The lowest BCUT2D eigenvalue weighted by Gasteiger charge is -2.42. The quantitative estimate of drug-likeness (QED) is 0.816. The van der Waals surface area contributed by atoms with Crippen molar-refractivity contribution in [2.45, 2.75) is 43.8 Å². The molecule has 2 amide bonds. The van der Waals surface area contributed by atoms with Crippen LogP contribution in [0.5, 0.6) is 0 Å². The van der Waals surface area contributed by atoms with Gasteiger partial charge in [0, 0.05) is 38.3 Å². The number of hydrogen-bond acceptors (Lipinski definition) is 3. The number of rotatable bonds is 5. The number of nitrogens with zero attached hydrogens (tertiary/aromatic N) is 2. The molecule has 3 N–H and O–H groups in total. The third-order valence-electron chi connectivity index (χ3n) is 6.34. The van der Waals surface area contributed by atoms with Crippen LogP contribution in [0.25, 0.3) is 0 Å². The second-order valence-electron chi connectivity index (χ2n) is 8.25. The zero-order valence-corrected chi connectivity index (χ0v) is 17.0. The van der Waals surface area contributed by atoms with Gasteiger partial charge in [-0.2, -0.15) is 0 Å². The molecule has 5 heteroatoms. The van der Waals surface area contributed by atoms with E-state index in [0.29, 0.717) is 6.04 Å². The molecule has 0 radical (unpaired) electrons. The molecule has 1 heterocycles. The summed E-state index contributed by atoms with van der Waals surface area (Å²) in [6, 6.07) is 21.3. The van der Waals surface area contributed by atoms with Gasteiger partial charge >= 0.3 is 6.03 Å². The van der Waals surface area contributed by atoms with Gasteiger partial charge in [-0.3, -0.25) is 4.90 Å². The number of carbonyl (C=O) groups is 1. The van der Waals surface area contributed by atoms with E-state index in [1.165, 1.54) is 18.4 Å². The molecule has 1 aliphatic heterocycles. The second-order valence-corrected chi connectivity index (χ2v) is 8.25. The van der Waals surface area contributed by atoms with E-state index >= 15 is 0 Å². The van der Waals surface area contributed by atoms with Crippen molar-refractivity contribution < 1.29 is 4.79 Å². The Morgan fingerprint density at radius 2 is 1.41 bits per heavy atom. The maximum Gasteiger partial charge on any atom is 0.317 e. The Morgan fingerprint density at radius 1 is 0.862 bits per heavy atom. The summed E-state index contributed by atoms with van der Waals surface area (Å²) in [7, 11) is 0. The molecule has 5 nitrogen and oxygen atoms in total. The van der Waals surface area contributed by atoms with Gasteiger partial charge < -0.3 is 16.0 Å². The van der Waals surface area contributed by atoms with Gasteiger partial charge in [-0.1, -0.05) is 73.5 Å². The first-order valence-electron chi connectivity index (χ1n) is 10.9. The molecule has 2 aromatic carbocycles. The standard InChI is InChI=1S/C24H32N4O/c25-22(19-9-3-1-4-10-19)23(20-11-5-2-6-12-20)27-15-17-28(18-16-27)24(29)26-21-13-7-8-14-21/h1-6,9-12,21-23H,7-8,13-18,25H2,(H,26,29)/t22-,23+/m0/s1. The fraction of sp³-hybridized carbons (Fsp3) is 0.458. The van der Waals surface area contributed by atoms with Gasteiger partial charge in [0.15, 0.2) is 0 Å². The fourth-order valence-electron chi connectivity index (χ4n) is 4.69. The first-order chi connectivity index (χ1) is 14.2. The maximum atomic E-state index is 12.6. The summed E-state index contributed by atoms with van der Waals surface area (Å²) < 4.78 is 0. The van der Waals surface area contributed by atoms with Crippen LogP contribution in [0.15, 0.2) is 60.7 Å². The predicted octanol–water partition coefficient (Wildman–Crippen LogP) is 3.70. The summed E-state index contributed by atoms with van der Waals surface area (Å²) >= 11 is 0. The monoisotopic (exact) mass is 392 g/mol. The van der Waals surface area contributed by atoms with Crippen molar-refractivity contribution in [1.29, 1.82) is 0 Å². The van der Waals surface area contributed by atoms with Gasteiger partial charge in [-0.25, -0.2) is 4.79 Å². The van der Waals surface area contributed by atoms with E-state index in [-0.39, 0.29) is 18.1 Å². The maximum absolute atomic E-state index is 12.6. The van der Waals surface area contributed by atoms with Crippen molar-refractivity contribution in [3.05, 3.63) is 71.8 Å². The van der Waals surface area contributed by atoms with Crippen LogP contribution in [0, 0.1) is 0 Å². The number of amides is 2. The highest BCUT2D eigenvalue weighted by Gasteiger charge is 2.32. The van der Waals surface area contributed by atoms with Gasteiger partial charge in [-0.05, 0) is 24.0 Å². The smallest absolute Gasteiger partial charge is 0.317 e. The van der Waals surface area contributed by atoms with E-state index in [4.69, 9.17) is 5.73 Å². The molecular weight excluding hydrogens is 360 g/mol. The Kier molecular flexibility index (Phi) is 6.47. The number of carbonyl (C=O) groups excluding carboxylic acids is 1. The lowest BCUT2D eigenvalue weighted by molar-refractivity contribution is 0.0952. The van der Waals surface area contributed by atoms with Crippen LogP contribution >= 0.6 is 0 Å². The van der Waals surface area contributed by atoms with Crippen LogP contribution in [-0.2, 0) is 0 Å². The minimum absolute atomic E-state index is 0.0960. The summed E-state index contributed by atoms with van der Waals surface area (Å²) in [6.45, 7) is 3.14. The molecule has 1 saturated heterocycles. The third kappa shape index (κ3) is 4.80. The van der Waals surface area contributed by atoms with Crippen molar-refractivity contribution in [3.63, 3.8) is 0 Å². The zero-order chi connectivity index (χ0) is 20.1. The molecule has 0 unspecified atom stereocenters. The molecule has 2 aliphatic rings. The van der Waals surface area contributed by atoms with Crippen LogP contribution in [0.3, 0.4) is 0 Å². The molecule has 1 aliphatic carbocycles. The SMILES string of the molecule is N[C@@H](c1ccccc1)[C@@H](c1ccccc1)N1CCN(C(=O)NC2CCCC2)CC1. The van der Waals surface area contributed by atoms with E-state index in [1.54, 1.807) is 0 Å². The first-order valence-corrected chi connectivity index (χ1v) is 10.9. The Bertz CT molecular complexity index is 768. The molecule has 2 fully saturated rings. The Morgan fingerprint density at radius 3 is 2.00 bits per heavy atom. The van der Waals surface area contributed by atoms with E-state index in [9.17, 15) is 4.79 Å². The van der Waals surface area contributed by atoms with Gasteiger partial charge in [0.25, 0.3) is 0 Å². The van der Waals surface area contributed by atoms with Crippen molar-refractivity contribution in [3.8, 4) is 0 Å². The minimum Gasteiger partial charge on any atom is -0.335 e. The molecule has 0 spiro atoms. The molecule has 4 rings (SSSR count). The lowest BCUT2D eigenvalue weighted by atomic mass is 9.92. The highest BCUT2D eigenvalue weighted by Crippen LogP contribution is 2.33. The van der Waals surface area contributed by atoms with Crippen molar-refractivity contribution in [2.24, 2.45) is 5.73 Å². The van der Waals surface area contributed by atoms with Gasteiger partial charge in [-0.15, -0.1) is 0 Å². The van der Waals surface area contributed by atoms with E-state index in [1.807, 2.05) is 29.2 Å². The average Bonchev–Trinajstić information content (AvgIpc) is 3.29. The largest absolute Gasteiger partial charge is 0.335 e. The Labute approximate surface area is 173 Å². The van der Waals surface area contributed by atoms with Crippen LogP contribution in [0.1, 0.15) is 48.9 Å². The van der Waals surface area contributed by atoms with Crippen molar-refractivity contribution in [2.75, 3.05) is 26.2 Å². The highest BCUT2D eigenvalue weighted by atomic mass is 16.2. The molecule has 0 aromatic heterocycles. The van der Waals surface area contributed by atoms with Crippen molar-refractivity contribution >= 4 is 6.03 Å². The summed E-state index contributed by atoms with van der Waals surface area (Å²) in [6.07, 6.45) is 4.70. The zero-order valence-electron chi connectivity index (χ0n) is 17.0. The average molecular weight is 393 g/mol. The second kappa shape index (κ2) is 9.42. The van der Waals surface area contributed by atoms with Crippen LogP contribution in [-0.4, -0.2) is 48.1 Å². The number of nitrogens with one attached hydrogen (secondary N) is 1. The Hall–Kier alpha value is -2.37. The van der Waals surface area contributed by atoms with E-state index in [2.05, 4.69) is 46.6 Å². The molecule has 2 aromatic rings. The number of benzene rings is 2. The fourth-order valence-corrected chi connectivity index (χ4v) is 4.69. The van der Waals surface area contributed by atoms with Crippen LogP contribution in [0.4, 0.5) is 4.79 Å². The first kappa shape index (κ1) is 19.9. The van der Waals surface area contributed by atoms with Gasteiger partial charge in [0.1, 0.15) is 0 Å². The summed E-state index contributed by atoms with van der Waals surface area (Å²) in [5.41, 5.74) is 9.14. The molecule has 2 atom stereocenters. The molecule has 0 bridgehead atoms. The molecule has 1 saturated carbocycles. The lowest BCUT2D eigenvalue weighted by Crippen LogP contribution is -2.54. The Balaban J connectivity index is 1.44. The number of piperazine rings is 1. The normalized spacial score (nSPS) is 20.4. The number of nitrogens with two attached hydrogens (primary N) is 1. The van der Waals surface area contributed by atoms with Crippen LogP contribution < -0.4 is 11.1 Å². The van der Waals surface area contributed by atoms with E-state index < -0.39 is 0 Å². The van der Waals surface area contributed by atoms with Crippen LogP contribution in [0.2, 0.25) is 0 Å². The van der Waals surface area contributed by atoms with Gasteiger partial charge in [0.05, 0.1) is 6.04 Å². The predicted molar refractivity (Wildman–Crippen MR) is 116 cm³/mol. The molecule has 29 heavy (non-hydrogen) atoms. The summed E-state index contributed by atoms with van der Waals surface area (Å²) in [5, 5.41) is 3.22. The minimum atomic E-state index is -0.113. The summed E-state index contributed by atoms with van der Waals surface area (Å²) in [5.74, 6) is 0. The summed E-state index contributed by atoms with van der Waals surface area (Å²) in [4.78, 5) is 17.0. The number of urea groups is 1. The highest BCUT2D eigenvalue weighted by molar-refractivity contribution is 5.74. The molecular formula is C24H32N4O. The van der Waals surface area contributed by atoms with E-state index in [0.717, 1.165) is 44.6 Å². The topological polar surface area (TPSA) is 61.6 Å². The number of hydrogen-bond donors (Lipinski definition) is 2.